The molecule has 0 aliphatic heterocycles. The van der Waals surface area contributed by atoms with Gasteiger partial charge in [0.25, 0.3) is 0 Å². The van der Waals surface area contributed by atoms with Gasteiger partial charge in [-0.3, -0.25) is 0 Å². The fraction of sp³-hybridized carbons (Fsp3) is 0. The zero-order valence-electron chi connectivity index (χ0n) is 13.0. The third-order valence-corrected chi connectivity index (χ3v) is 4.49. The van der Waals surface area contributed by atoms with E-state index in [9.17, 15) is 51.1 Å². The number of H-pyrrole nitrogens is 1. The topological polar surface area (TPSA) is 218 Å². The second-order valence-electron chi connectivity index (χ2n) is 5.86. The lowest BCUT2D eigenvalue weighted by Gasteiger charge is -2.13. The molecule has 11 heteroatoms. The van der Waals surface area contributed by atoms with Gasteiger partial charge in [0.05, 0.1) is 32.6 Å². The maximum absolute atomic E-state index is 10.6. The van der Waals surface area contributed by atoms with E-state index in [1.165, 1.54) is 0 Å². The van der Waals surface area contributed by atoms with Gasteiger partial charge in [-0.25, -0.2) is 0 Å². The molecule has 4 aromatic rings. The van der Waals surface area contributed by atoms with Crippen molar-refractivity contribution in [1.29, 1.82) is 0 Å². The van der Waals surface area contributed by atoms with Gasteiger partial charge in [-0.15, -0.1) is 0 Å². The van der Waals surface area contributed by atoms with Crippen LogP contribution in [-0.2, 0) is 0 Å². The average Bonchev–Trinajstić information content (AvgIpc) is 3.05. The minimum atomic E-state index is -1.18. The molecule has 0 spiro atoms. The van der Waals surface area contributed by atoms with E-state index in [2.05, 4.69) is 4.98 Å². The number of hydrogen-bond acceptors (Lipinski definition) is 10. The second-order valence-corrected chi connectivity index (χ2v) is 5.86. The zero-order valence-corrected chi connectivity index (χ0v) is 13.0. The van der Waals surface area contributed by atoms with E-state index in [0.717, 1.165) is 0 Å². The van der Waals surface area contributed by atoms with Gasteiger partial charge in [0.1, 0.15) is 5.75 Å². The lowest BCUT2D eigenvalue weighted by atomic mass is 10.00. The van der Waals surface area contributed by atoms with Crippen LogP contribution in [0.1, 0.15) is 0 Å². The maximum atomic E-state index is 10.6. The summed E-state index contributed by atoms with van der Waals surface area (Å²) in [5, 5.41) is 97.8. The summed E-state index contributed by atoms with van der Waals surface area (Å²) in [6.07, 6.45) is 0. The fourth-order valence-electron chi connectivity index (χ4n) is 3.20. The van der Waals surface area contributed by atoms with Crippen LogP contribution in [0, 0.1) is 0 Å². The second kappa shape index (κ2) is 4.66. The molecule has 0 radical (unpaired) electrons. The molecule has 11 nitrogen and oxygen atoms in total. The molecule has 3 aromatic carbocycles. The standard InChI is InChI=1S/C16H11NO10/c18-7-1-2-6(12(23)16(27)13(24)9(2)20)17-5(1)8(19)4-3(7)10(21)14(25)15(26)11(4)22/h17-27H. The Labute approximate surface area is 147 Å². The Morgan fingerprint density at radius 3 is 1.15 bits per heavy atom. The van der Waals surface area contributed by atoms with Crippen molar-refractivity contribution in [3.8, 4) is 57.5 Å². The first-order valence-electron chi connectivity index (χ1n) is 7.24. The van der Waals surface area contributed by atoms with Crippen LogP contribution in [0.2, 0.25) is 0 Å². The van der Waals surface area contributed by atoms with Gasteiger partial charge in [0.2, 0.25) is 23.0 Å². The molecular formula is C16H11NO10. The van der Waals surface area contributed by atoms with Crippen LogP contribution in [0.25, 0.3) is 32.6 Å². The number of aromatic nitrogens is 1. The van der Waals surface area contributed by atoms with Crippen molar-refractivity contribution in [3.05, 3.63) is 0 Å². The summed E-state index contributed by atoms with van der Waals surface area (Å²) in [6.45, 7) is 0. The number of phenolic OH excluding ortho intramolecular Hbond substituents is 10. The van der Waals surface area contributed by atoms with Crippen LogP contribution in [0.3, 0.4) is 0 Å². The highest BCUT2D eigenvalue weighted by atomic mass is 16.4. The lowest BCUT2D eigenvalue weighted by molar-refractivity contribution is 0.349. The molecule has 0 atom stereocenters. The normalized spacial score (nSPS) is 11.7. The Bertz CT molecular complexity index is 1320. The number of rotatable bonds is 0. The van der Waals surface area contributed by atoms with Crippen molar-refractivity contribution < 1.29 is 51.1 Å². The largest absolute Gasteiger partial charge is 0.506 e. The SMILES string of the molecule is Oc1c(O)c(O)c2c([nH]c3c(O)c4c(O)c(O)c(O)c(O)c4c(O)c32)c1O. The molecule has 1 heterocycles. The Morgan fingerprint density at radius 2 is 0.630 bits per heavy atom. The minimum Gasteiger partial charge on any atom is -0.506 e. The summed E-state index contributed by atoms with van der Waals surface area (Å²) < 4.78 is 0. The van der Waals surface area contributed by atoms with Crippen molar-refractivity contribution in [1.82, 2.24) is 4.98 Å². The lowest BCUT2D eigenvalue weighted by Crippen LogP contribution is -1.84. The molecule has 140 valence electrons. The predicted molar refractivity (Wildman–Crippen MR) is 90.0 cm³/mol. The number of phenols is 10. The van der Waals surface area contributed by atoms with Crippen molar-refractivity contribution in [2.45, 2.75) is 0 Å². The number of nitrogens with one attached hydrogen (secondary N) is 1. The molecule has 4 rings (SSSR count). The monoisotopic (exact) mass is 377 g/mol. The quantitative estimate of drug-likeness (QED) is 0.157. The van der Waals surface area contributed by atoms with Gasteiger partial charge in [-0.1, -0.05) is 0 Å². The average molecular weight is 377 g/mol. The molecule has 1 aromatic heterocycles. The molecule has 0 saturated carbocycles. The van der Waals surface area contributed by atoms with Gasteiger partial charge in [0.15, 0.2) is 28.7 Å². The van der Waals surface area contributed by atoms with Gasteiger partial charge in [0, 0.05) is 0 Å². The zero-order chi connectivity index (χ0) is 19.9. The van der Waals surface area contributed by atoms with E-state index in [0.29, 0.717) is 0 Å². The Hall–Kier alpha value is -4.28. The fourth-order valence-corrected chi connectivity index (χ4v) is 3.20. The highest BCUT2D eigenvalue weighted by molar-refractivity contribution is 6.25. The first kappa shape index (κ1) is 16.2. The van der Waals surface area contributed by atoms with Crippen molar-refractivity contribution in [3.63, 3.8) is 0 Å². The smallest absolute Gasteiger partial charge is 0.206 e. The Balaban J connectivity index is 2.44. The Morgan fingerprint density at radius 1 is 0.296 bits per heavy atom. The molecule has 0 fully saturated rings. The molecule has 0 unspecified atom stereocenters. The molecule has 0 aliphatic rings. The van der Waals surface area contributed by atoms with Crippen LogP contribution in [-0.4, -0.2) is 56.0 Å². The Kier molecular flexibility index (Phi) is 2.80. The van der Waals surface area contributed by atoms with Crippen molar-refractivity contribution in [2.75, 3.05) is 0 Å². The molecule has 0 amide bonds. The summed E-state index contributed by atoms with van der Waals surface area (Å²) in [5.41, 5.74) is -0.781. The number of fused-ring (bicyclic) bond motifs is 4. The summed E-state index contributed by atoms with van der Waals surface area (Å²) in [7, 11) is 0. The van der Waals surface area contributed by atoms with E-state index >= 15 is 0 Å². The van der Waals surface area contributed by atoms with Crippen molar-refractivity contribution in [2.24, 2.45) is 0 Å². The molecule has 0 saturated heterocycles. The molecule has 0 bridgehead atoms. The van der Waals surface area contributed by atoms with Crippen LogP contribution < -0.4 is 0 Å². The summed E-state index contributed by atoms with van der Waals surface area (Å²) >= 11 is 0. The highest BCUT2D eigenvalue weighted by Crippen LogP contribution is 2.59. The highest BCUT2D eigenvalue weighted by Gasteiger charge is 2.30. The van der Waals surface area contributed by atoms with E-state index in [-0.39, 0.29) is 5.52 Å². The summed E-state index contributed by atoms with van der Waals surface area (Å²) in [5.74, 6) is -10.3. The molecule has 0 aliphatic carbocycles. The summed E-state index contributed by atoms with van der Waals surface area (Å²) in [4.78, 5) is 2.41. The number of aromatic hydroxyl groups is 10. The van der Waals surface area contributed by atoms with Gasteiger partial charge < -0.3 is 56.0 Å². The van der Waals surface area contributed by atoms with Crippen LogP contribution in [0.5, 0.6) is 57.5 Å². The van der Waals surface area contributed by atoms with E-state index in [1.807, 2.05) is 0 Å². The van der Waals surface area contributed by atoms with Crippen LogP contribution in [0.4, 0.5) is 0 Å². The summed E-state index contributed by atoms with van der Waals surface area (Å²) in [6, 6.07) is 0. The third-order valence-electron chi connectivity index (χ3n) is 4.49. The maximum Gasteiger partial charge on any atom is 0.206 e. The minimum absolute atomic E-state index is 0.384. The van der Waals surface area contributed by atoms with E-state index < -0.39 is 84.6 Å². The molecule has 11 N–H and O–H groups in total. The van der Waals surface area contributed by atoms with Crippen LogP contribution in [0.15, 0.2) is 0 Å². The van der Waals surface area contributed by atoms with Crippen molar-refractivity contribution >= 4 is 32.6 Å². The third kappa shape index (κ3) is 1.64. The predicted octanol–water partition coefficient (Wildman–Crippen LogP) is 1.53. The van der Waals surface area contributed by atoms with Gasteiger partial charge in [-0.2, -0.15) is 0 Å². The first-order chi connectivity index (χ1) is 12.6. The molecule has 27 heavy (non-hydrogen) atoms. The number of aromatic amines is 1. The van der Waals surface area contributed by atoms with E-state index in [1.54, 1.807) is 0 Å². The first-order valence-corrected chi connectivity index (χ1v) is 7.24. The van der Waals surface area contributed by atoms with Gasteiger partial charge >= 0.3 is 0 Å². The van der Waals surface area contributed by atoms with Gasteiger partial charge in [-0.05, 0) is 0 Å². The van der Waals surface area contributed by atoms with E-state index in [4.69, 9.17) is 0 Å². The van der Waals surface area contributed by atoms with Crippen LogP contribution >= 0.6 is 0 Å². The molecular weight excluding hydrogens is 366 g/mol. The number of hydrogen-bond donors (Lipinski definition) is 11. The number of benzene rings is 3.